The summed E-state index contributed by atoms with van der Waals surface area (Å²) < 4.78 is 5.46. The Hall–Kier alpha value is -6.52. The predicted molar refractivity (Wildman–Crippen MR) is 253 cm³/mol. The third kappa shape index (κ3) is 5.00. The molecule has 0 spiro atoms. The van der Waals surface area contributed by atoms with Gasteiger partial charge in [0.2, 0.25) is 0 Å². The van der Waals surface area contributed by atoms with Gasteiger partial charge in [-0.1, -0.05) is 153 Å². The van der Waals surface area contributed by atoms with E-state index in [1.165, 1.54) is 95.6 Å². The monoisotopic (exact) mass is 775 g/mol. The molecule has 11 aromatic rings. The van der Waals surface area contributed by atoms with Gasteiger partial charge in [0, 0.05) is 68.2 Å². The highest BCUT2D eigenvalue weighted by Crippen LogP contribution is 2.52. The molecule has 2 heterocycles. The maximum Gasteiger partial charge on any atom is 0.0465 e. The van der Waals surface area contributed by atoms with Gasteiger partial charge < -0.3 is 4.90 Å². The van der Waals surface area contributed by atoms with Gasteiger partial charge in [-0.2, -0.15) is 0 Å². The molecule has 1 aliphatic carbocycles. The third-order valence-electron chi connectivity index (χ3n) is 12.5. The molecule has 274 valence electrons. The Morgan fingerprint density at radius 2 is 0.914 bits per heavy atom. The molecule has 2 aromatic heterocycles. The van der Waals surface area contributed by atoms with Crippen LogP contribution in [-0.4, -0.2) is 0 Å². The van der Waals surface area contributed by atoms with Gasteiger partial charge in [-0.05, 0) is 98.4 Å². The first-order chi connectivity index (χ1) is 28.5. The van der Waals surface area contributed by atoms with E-state index in [1.807, 2.05) is 22.7 Å². The Labute approximate surface area is 345 Å². The van der Waals surface area contributed by atoms with E-state index in [0.29, 0.717) is 0 Å². The zero-order valence-electron chi connectivity index (χ0n) is 32.2. The minimum atomic E-state index is -0.0888. The van der Waals surface area contributed by atoms with Crippen LogP contribution in [0.2, 0.25) is 0 Å². The van der Waals surface area contributed by atoms with Gasteiger partial charge in [0.25, 0.3) is 0 Å². The normalized spacial score (nSPS) is 13.1. The number of nitrogens with zero attached hydrogens (tertiary/aromatic N) is 1. The maximum absolute atomic E-state index is 2.42. The second-order valence-corrected chi connectivity index (χ2v) is 18.2. The van der Waals surface area contributed by atoms with Crippen LogP contribution in [0.1, 0.15) is 25.0 Å². The highest BCUT2D eigenvalue weighted by Gasteiger charge is 2.35. The van der Waals surface area contributed by atoms with E-state index in [0.717, 1.165) is 17.1 Å². The average Bonchev–Trinajstić information content (AvgIpc) is 3.93. The first-order valence-corrected chi connectivity index (χ1v) is 21.6. The number of hydrogen-bond acceptors (Lipinski definition) is 3. The van der Waals surface area contributed by atoms with Crippen LogP contribution in [0.5, 0.6) is 0 Å². The van der Waals surface area contributed by atoms with Crippen LogP contribution in [0.15, 0.2) is 188 Å². The zero-order valence-corrected chi connectivity index (χ0v) is 33.8. The number of benzene rings is 9. The molecule has 1 aliphatic rings. The van der Waals surface area contributed by atoms with E-state index in [-0.39, 0.29) is 5.41 Å². The summed E-state index contributed by atoms with van der Waals surface area (Å²) in [6.07, 6.45) is 0. The van der Waals surface area contributed by atoms with Gasteiger partial charge in [0.05, 0.1) is 0 Å². The minimum absolute atomic E-state index is 0.0888. The van der Waals surface area contributed by atoms with Crippen molar-refractivity contribution in [2.75, 3.05) is 4.90 Å². The molecule has 0 aliphatic heterocycles. The summed E-state index contributed by atoms with van der Waals surface area (Å²) in [5.74, 6) is 0. The number of hydrogen-bond donors (Lipinski definition) is 0. The van der Waals surface area contributed by atoms with Gasteiger partial charge in [0.15, 0.2) is 0 Å². The molecule has 12 rings (SSSR count). The number of rotatable bonds is 5. The summed E-state index contributed by atoms with van der Waals surface area (Å²) in [5, 5.41) is 8.16. The lowest BCUT2D eigenvalue weighted by Crippen LogP contribution is -2.16. The van der Waals surface area contributed by atoms with Crippen molar-refractivity contribution in [3.05, 3.63) is 199 Å². The van der Waals surface area contributed by atoms with E-state index in [4.69, 9.17) is 0 Å². The SMILES string of the molecule is CC1(C)c2ccccc2-c2ccc(N(c3ccc(-c4ccccc4)cc3)c3ccc(-c4ccc5c(c4)sc4c5c5ccccc5c5sc6ccccc6c54)cc3)cc21. The van der Waals surface area contributed by atoms with Crippen molar-refractivity contribution in [3.8, 4) is 33.4 Å². The topological polar surface area (TPSA) is 3.24 Å². The van der Waals surface area contributed by atoms with Crippen molar-refractivity contribution in [2.45, 2.75) is 19.3 Å². The molecule has 58 heavy (non-hydrogen) atoms. The molecule has 9 aromatic carbocycles. The second kappa shape index (κ2) is 12.7. The molecule has 0 amide bonds. The standard InChI is InChI=1S/C55H37NS2/c1-55(2)47-18-10-8-14-41(47)42-31-29-40(33-48(42)55)56(38-25-20-35(21-26-38)34-12-4-3-5-13-34)39-27-22-36(23-28-39)37-24-30-46-50(32-37)58-54-51(46)43-15-6-7-16-44(43)53-52(54)45-17-9-11-19-49(45)57-53/h3-33H,1-2H3. The van der Waals surface area contributed by atoms with Crippen molar-refractivity contribution in [1.82, 2.24) is 0 Å². The molecule has 0 radical (unpaired) electrons. The first kappa shape index (κ1) is 33.6. The van der Waals surface area contributed by atoms with E-state index in [9.17, 15) is 0 Å². The Morgan fingerprint density at radius 3 is 1.69 bits per heavy atom. The second-order valence-electron chi connectivity index (χ2n) is 16.1. The molecule has 3 heteroatoms. The van der Waals surface area contributed by atoms with Crippen LogP contribution in [0, 0.1) is 0 Å². The molecule has 0 saturated heterocycles. The number of fused-ring (bicyclic) bond motifs is 13. The van der Waals surface area contributed by atoms with Crippen LogP contribution < -0.4 is 4.90 Å². The lowest BCUT2D eigenvalue weighted by atomic mass is 9.82. The number of thiophene rings is 2. The lowest BCUT2D eigenvalue weighted by Gasteiger charge is -2.28. The van der Waals surface area contributed by atoms with Crippen LogP contribution in [0.3, 0.4) is 0 Å². The molecule has 0 N–H and O–H groups in total. The van der Waals surface area contributed by atoms with Crippen LogP contribution in [-0.2, 0) is 5.41 Å². The molecule has 1 nitrogen and oxygen atoms in total. The zero-order chi connectivity index (χ0) is 38.5. The van der Waals surface area contributed by atoms with Crippen molar-refractivity contribution in [2.24, 2.45) is 0 Å². The number of anilines is 3. The van der Waals surface area contributed by atoms with E-state index in [1.54, 1.807) is 0 Å². The molecule has 0 saturated carbocycles. The van der Waals surface area contributed by atoms with Crippen LogP contribution >= 0.6 is 22.7 Å². The van der Waals surface area contributed by atoms with Crippen molar-refractivity contribution in [3.63, 3.8) is 0 Å². The Bertz CT molecular complexity index is 3400. The summed E-state index contributed by atoms with van der Waals surface area (Å²) in [4.78, 5) is 2.41. The quantitative estimate of drug-likeness (QED) is 0.168. The third-order valence-corrected chi connectivity index (χ3v) is 14.8. The summed E-state index contributed by atoms with van der Waals surface area (Å²) >= 11 is 3.86. The van der Waals surface area contributed by atoms with Gasteiger partial charge in [-0.3, -0.25) is 0 Å². The van der Waals surface area contributed by atoms with E-state index >= 15 is 0 Å². The predicted octanol–water partition coefficient (Wildman–Crippen LogP) is 16.7. The van der Waals surface area contributed by atoms with Gasteiger partial charge >= 0.3 is 0 Å². The molecule has 0 fully saturated rings. The maximum atomic E-state index is 2.42. The van der Waals surface area contributed by atoms with Crippen molar-refractivity contribution < 1.29 is 0 Å². The molecular weight excluding hydrogens is 739 g/mol. The fraction of sp³-hybridized carbons (Fsp3) is 0.0545. The Balaban J connectivity index is 0.974. The first-order valence-electron chi connectivity index (χ1n) is 20.0. The fourth-order valence-electron chi connectivity index (χ4n) is 9.59. The molecule has 0 atom stereocenters. The summed E-state index contributed by atoms with van der Waals surface area (Å²) in [5.41, 5.74) is 13.6. The highest BCUT2D eigenvalue weighted by molar-refractivity contribution is 7.30. The fourth-order valence-corrected chi connectivity index (χ4v) is 12.2. The van der Waals surface area contributed by atoms with Crippen LogP contribution in [0.4, 0.5) is 17.1 Å². The van der Waals surface area contributed by atoms with E-state index < -0.39 is 0 Å². The van der Waals surface area contributed by atoms with Crippen molar-refractivity contribution >= 4 is 90.9 Å². The summed E-state index contributed by atoms with van der Waals surface area (Å²) in [6, 6.07) is 69.7. The van der Waals surface area contributed by atoms with Gasteiger partial charge in [-0.15, -0.1) is 22.7 Å². The van der Waals surface area contributed by atoms with Crippen molar-refractivity contribution in [1.29, 1.82) is 0 Å². The smallest absolute Gasteiger partial charge is 0.0465 e. The molecule has 0 unspecified atom stereocenters. The largest absolute Gasteiger partial charge is 0.310 e. The molecular formula is C55H37NS2. The minimum Gasteiger partial charge on any atom is -0.310 e. The Morgan fingerprint density at radius 1 is 0.362 bits per heavy atom. The average molecular weight is 776 g/mol. The lowest BCUT2D eigenvalue weighted by molar-refractivity contribution is 0.660. The summed E-state index contributed by atoms with van der Waals surface area (Å²) in [6.45, 7) is 4.71. The van der Waals surface area contributed by atoms with E-state index in [2.05, 4.69) is 207 Å². The van der Waals surface area contributed by atoms with Gasteiger partial charge in [0.1, 0.15) is 0 Å². The van der Waals surface area contributed by atoms with Crippen LogP contribution in [0.25, 0.3) is 84.5 Å². The highest BCUT2D eigenvalue weighted by atomic mass is 32.1. The Kier molecular flexibility index (Phi) is 7.38. The molecule has 0 bridgehead atoms. The summed E-state index contributed by atoms with van der Waals surface area (Å²) in [7, 11) is 0. The van der Waals surface area contributed by atoms with Gasteiger partial charge in [-0.25, -0.2) is 0 Å².